The molecule has 0 spiro atoms. The third-order valence-electron chi connectivity index (χ3n) is 4.16. The highest BCUT2D eigenvalue weighted by molar-refractivity contribution is 5.98. The molecule has 0 unspecified atom stereocenters. The average Bonchev–Trinajstić information content (AvgIpc) is 3.38. The Balaban J connectivity index is 1.81. The molecule has 0 aromatic heterocycles. The number of carboxylic acids is 1. The first kappa shape index (κ1) is 14.8. The van der Waals surface area contributed by atoms with E-state index in [9.17, 15) is 9.59 Å². The Kier molecular flexibility index (Phi) is 4.02. The Bertz CT molecular complexity index is 596. The molecular weight excluding hydrogens is 286 g/mol. The molecule has 1 atom stereocenters. The van der Waals surface area contributed by atoms with Crippen LogP contribution in [0.2, 0.25) is 0 Å². The zero-order chi connectivity index (χ0) is 15.7. The minimum absolute atomic E-state index is 0.0507. The Morgan fingerprint density at radius 2 is 2.00 bits per heavy atom. The molecule has 0 bridgehead atoms. The molecule has 1 aromatic carbocycles. The first-order valence-corrected chi connectivity index (χ1v) is 7.41. The van der Waals surface area contributed by atoms with E-state index in [1.54, 1.807) is 11.0 Å². The highest BCUT2D eigenvalue weighted by atomic mass is 16.5. The number of rotatable bonds is 4. The van der Waals surface area contributed by atoms with Crippen molar-refractivity contribution in [3.8, 4) is 5.75 Å². The molecule has 1 aliphatic carbocycles. The van der Waals surface area contributed by atoms with Gasteiger partial charge in [-0.2, -0.15) is 0 Å². The fourth-order valence-electron chi connectivity index (χ4n) is 2.76. The number of hydrogen-bond donors (Lipinski definition) is 1. The number of nitrogens with zero attached hydrogens (tertiary/aromatic N) is 1. The number of amides is 1. The molecule has 6 heteroatoms. The molecule has 2 aliphatic rings. The molecule has 1 aliphatic heterocycles. The number of benzene rings is 1. The SMILES string of the molecule is COc1cc(C(=O)O)cc(C(=O)N2CCO[C@H](C3CC3)C2)c1. The monoisotopic (exact) mass is 305 g/mol. The van der Waals surface area contributed by atoms with Gasteiger partial charge < -0.3 is 19.5 Å². The van der Waals surface area contributed by atoms with E-state index in [-0.39, 0.29) is 17.6 Å². The van der Waals surface area contributed by atoms with Gasteiger partial charge in [-0.3, -0.25) is 4.79 Å². The topological polar surface area (TPSA) is 76.1 Å². The van der Waals surface area contributed by atoms with E-state index in [4.69, 9.17) is 14.6 Å². The van der Waals surface area contributed by atoms with Gasteiger partial charge in [0.25, 0.3) is 5.91 Å². The number of hydrogen-bond acceptors (Lipinski definition) is 4. The van der Waals surface area contributed by atoms with Crippen LogP contribution < -0.4 is 4.74 Å². The largest absolute Gasteiger partial charge is 0.497 e. The second kappa shape index (κ2) is 5.96. The number of morpholine rings is 1. The number of aromatic carboxylic acids is 1. The van der Waals surface area contributed by atoms with Crippen LogP contribution >= 0.6 is 0 Å². The predicted molar refractivity (Wildman–Crippen MR) is 78.3 cm³/mol. The van der Waals surface area contributed by atoms with Gasteiger partial charge in [0, 0.05) is 18.7 Å². The van der Waals surface area contributed by atoms with Crippen molar-refractivity contribution >= 4 is 11.9 Å². The standard InChI is InChI=1S/C16H19NO5/c1-21-13-7-11(6-12(8-13)16(19)20)15(18)17-4-5-22-14(9-17)10-2-3-10/h6-8,10,14H,2-5,9H2,1H3,(H,19,20)/t14-/m0/s1. The summed E-state index contributed by atoms with van der Waals surface area (Å²) in [5, 5.41) is 9.14. The fraction of sp³-hybridized carbons (Fsp3) is 0.500. The minimum atomic E-state index is -1.08. The van der Waals surface area contributed by atoms with Gasteiger partial charge in [-0.25, -0.2) is 4.79 Å². The van der Waals surface area contributed by atoms with E-state index in [0.717, 1.165) is 12.8 Å². The molecule has 1 N–H and O–H groups in total. The number of carbonyl (C=O) groups is 2. The Labute approximate surface area is 128 Å². The van der Waals surface area contributed by atoms with Crippen LogP contribution in [0.15, 0.2) is 18.2 Å². The summed E-state index contributed by atoms with van der Waals surface area (Å²) in [4.78, 5) is 25.6. The molecule has 0 radical (unpaired) electrons. The highest BCUT2D eigenvalue weighted by Crippen LogP contribution is 2.36. The fourth-order valence-corrected chi connectivity index (χ4v) is 2.76. The van der Waals surface area contributed by atoms with Crippen LogP contribution in [-0.2, 0) is 4.74 Å². The van der Waals surface area contributed by atoms with Gasteiger partial charge in [-0.15, -0.1) is 0 Å². The summed E-state index contributed by atoms with van der Waals surface area (Å²) >= 11 is 0. The number of methoxy groups -OCH3 is 1. The zero-order valence-corrected chi connectivity index (χ0v) is 12.4. The summed E-state index contributed by atoms with van der Waals surface area (Å²) in [5.41, 5.74) is 0.392. The molecule has 22 heavy (non-hydrogen) atoms. The third kappa shape index (κ3) is 3.06. The maximum absolute atomic E-state index is 12.7. The second-order valence-electron chi connectivity index (χ2n) is 5.75. The normalized spacial score (nSPS) is 21.5. The lowest BCUT2D eigenvalue weighted by atomic mass is 10.1. The van der Waals surface area contributed by atoms with Crippen molar-refractivity contribution in [1.29, 1.82) is 0 Å². The Morgan fingerprint density at radius 1 is 1.27 bits per heavy atom. The zero-order valence-electron chi connectivity index (χ0n) is 12.4. The summed E-state index contributed by atoms with van der Waals surface area (Å²) in [7, 11) is 1.45. The van der Waals surface area contributed by atoms with Crippen molar-refractivity contribution in [2.75, 3.05) is 26.8 Å². The van der Waals surface area contributed by atoms with Gasteiger partial charge in [-0.1, -0.05) is 0 Å². The molecule has 1 saturated heterocycles. The van der Waals surface area contributed by atoms with Crippen LogP contribution in [0.1, 0.15) is 33.6 Å². The van der Waals surface area contributed by atoms with Crippen LogP contribution in [-0.4, -0.2) is 54.8 Å². The number of ether oxygens (including phenoxy) is 2. The van der Waals surface area contributed by atoms with Crippen molar-refractivity contribution in [2.24, 2.45) is 5.92 Å². The molecular formula is C16H19NO5. The minimum Gasteiger partial charge on any atom is -0.497 e. The maximum atomic E-state index is 12.7. The van der Waals surface area contributed by atoms with Crippen LogP contribution in [0, 0.1) is 5.92 Å². The van der Waals surface area contributed by atoms with Gasteiger partial charge in [0.2, 0.25) is 0 Å². The first-order valence-electron chi connectivity index (χ1n) is 7.41. The van der Waals surface area contributed by atoms with Gasteiger partial charge in [0.1, 0.15) is 5.75 Å². The molecule has 1 amide bonds. The van der Waals surface area contributed by atoms with Gasteiger partial charge in [0.05, 0.1) is 25.4 Å². The third-order valence-corrected chi connectivity index (χ3v) is 4.16. The molecule has 3 rings (SSSR count). The summed E-state index contributed by atoms with van der Waals surface area (Å²) in [5.74, 6) is -0.313. The highest BCUT2D eigenvalue weighted by Gasteiger charge is 2.36. The average molecular weight is 305 g/mol. The summed E-state index contributed by atoms with van der Waals surface area (Å²) in [6.07, 6.45) is 2.44. The van der Waals surface area contributed by atoms with Crippen molar-refractivity contribution in [3.05, 3.63) is 29.3 Å². The summed E-state index contributed by atoms with van der Waals surface area (Å²) in [6.45, 7) is 1.63. The van der Waals surface area contributed by atoms with Crippen LogP contribution in [0.25, 0.3) is 0 Å². The van der Waals surface area contributed by atoms with Gasteiger partial charge in [0.15, 0.2) is 0 Å². The van der Waals surface area contributed by atoms with E-state index in [1.807, 2.05) is 0 Å². The van der Waals surface area contributed by atoms with Crippen molar-refractivity contribution < 1.29 is 24.2 Å². The van der Waals surface area contributed by atoms with E-state index in [1.165, 1.54) is 19.2 Å². The quantitative estimate of drug-likeness (QED) is 0.915. The van der Waals surface area contributed by atoms with E-state index in [0.29, 0.717) is 36.9 Å². The van der Waals surface area contributed by atoms with Gasteiger partial charge >= 0.3 is 5.97 Å². The van der Waals surface area contributed by atoms with Crippen molar-refractivity contribution in [3.63, 3.8) is 0 Å². The smallest absolute Gasteiger partial charge is 0.335 e. The summed E-state index contributed by atoms with van der Waals surface area (Å²) in [6, 6.07) is 4.39. The van der Waals surface area contributed by atoms with E-state index >= 15 is 0 Å². The van der Waals surface area contributed by atoms with Gasteiger partial charge in [-0.05, 0) is 37.0 Å². The molecule has 1 aromatic rings. The lowest BCUT2D eigenvalue weighted by molar-refractivity contribution is -0.0313. The number of carbonyl (C=O) groups excluding carboxylic acids is 1. The predicted octanol–water partition coefficient (Wildman–Crippen LogP) is 1.64. The van der Waals surface area contributed by atoms with Crippen LogP contribution in [0.3, 0.4) is 0 Å². The van der Waals surface area contributed by atoms with Crippen LogP contribution in [0.5, 0.6) is 5.75 Å². The molecule has 1 heterocycles. The second-order valence-corrected chi connectivity index (χ2v) is 5.75. The lowest BCUT2D eigenvalue weighted by Crippen LogP contribution is -2.46. The first-order chi connectivity index (χ1) is 10.6. The Hall–Kier alpha value is -2.08. The Morgan fingerprint density at radius 3 is 2.64 bits per heavy atom. The van der Waals surface area contributed by atoms with Crippen molar-refractivity contribution in [1.82, 2.24) is 4.90 Å². The van der Waals surface area contributed by atoms with E-state index < -0.39 is 5.97 Å². The molecule has 6 nitrogen and oxygen atoms in total. The van der Waals surface area contributed by atoms with Crippen LogP contribution in [0.4, 0.5) is 0 Å². The maximum Gasteiger partial charge on any atom is 0.335 e. The molecule has 1 saturated carbocycles. The molecule has 2 fully saturated rings. The summed E-state index contributed by atoms with van der Waals surface area (Å²) < 4.78 is 10.8. The lowest BCUT2D eigenvalue weighted by Gasteiger charge is -2.33. The number of carboxylic acid groups (broad SMARTS) is 1. The van der Waals surface area contributed by atoms with Crippen molar-refractivity contribution in [2.45, 2.75) is 18.9 Å². The molecule has 118 valence electrons. The van der Waals surface area contributed by atoms with E-state index in [2.05, 4.69) is 0 Å².